The van der Waals surface area contributed by atoms with Crippen LogP contribution in [-0.4, -0.2) is 12.6 Å². The Morgan fingerprint density at radius 1 is 1.33 bits per heavy atom. The van der Waals surface area contributed by atoms with Gasteiger partial charge in [-0.2, -0.15) is 0 Å². The topological polar surface area (TPSA) is 50.4 Å². The highest BCUT2D eigenvalue weighted by molar-refractivity contribution is 7.09. The maximum absolute atomic E-state index is 11.8. The molecule has 2 amide bonds. The fraction of sp³-hybridized carbons (Fsp3) is 0.188. The first-order valence-corrected chi connectivity index (χ1v) is 7.46. The van der Waals surface area contributed by atoms with Crippen molar-refractivity contribution in [3.05, 3.63) is 58.8 Å². The van der Waals surface area contributed by atoms with Crippen molar-refractivity contribution in [3.8, 4) is 5.75 Å². The number of urea groups is 1. The summed E-state index contributed by atoms with van der Waals surface area (Å²) in [6.45, 7) is 6.68. The van der Waals surface area contributed by atoms with Gasteiger partial charge < -0.3 is 15.4 Å². The number of hydrogen-bond donors (Lipinski definition) is 2. The van der Waals surface area contributed by atoms with Gasteiger partial charge in [-0.05, 0) is 36.1 Å². The minimum atomic E-state index is -0.236. The third kappa shape index (κ3) is 5.31. The van der Waals surface area contributed by atoms with Crippen molar-refractivity contribution in [1.82, 2.24) is 5.32 Å². The first-order chi connectivity index (χ1) is 10.1. The highest BCUT2D eigenvalue weighted by Crippen LogP contribution is 2.17. The van der Waals surface area contributed by atoms with Crippen LogP contribution >= 0.6 is 11.3 Å². The van der Waals surface area contributed by atoms with Crippen molar-refractivity contribution >= 4 is 23.1 Å². The first kappa shape index (κ1) is 15.1. The van der Waals surface area contributed by atoms with E-state index in [9.17, 15) is 4.79 Å². The number of rotatable bonds is 6. The van der Waals surface area contributed by atoms with Crippen molar-refractivity contribution in [1.29, 1.82) is 0 Å². The summed E-state index contributed by atoms with van der Waals surface area (Å²) in [6, 6.07) is 11.0. The lowest BCUT2D eigenvalue weighted by atomic mass is 10.3. The molecular formula is C16H18N2O2S. The molecule has 0 aliphatic heterocycles. The molecule has 0 aliphatic carbocycles. The number of nitrogens with one attached hydrogen (secondary N) is 2. The standard InChI is InChI=1S/C16H18N2O2S/c1-12(2)11-20-14-6-3-5-13(9-14)18-16(19)17-10-15-7-4-8-21-15/h3-9H,1,10-11H2,2H3,(H2,17,18,19). The smallest absolute Gasteiger partial charge is 0.319 e. The molecule has 0 aliphatic rings. The van der Waals surface area contributed by atoms with E-state index in [1.54, 1.807) is 17.4 Å². The van der Waals surface area contributed by atoms with E-state index >= 15 is 0 Å². The summed E-state index contributed by atoms with van der Waals surface area (Å²) in [5.74, 6) is 0.703. The van der Waals surface area contributed by atoms with E-state index in [0.717, 1.165) is 10.5 Å². The predicted octanol–water partition coefficient (Wildman–Crippen LogP) is 4.02. The second-order valence-electron chi connectivity index (χ2n) is 4.66. The second-order valence-corrected chi connectivity index (χ2v) is 5.69. The molecule has 1 heterocycles. The monoisotopic (exact) mass is 302 g/mol. The predicted molar refractivity (Wildman–Crippen MR) is 86.9 cm³/mol. The van der Waals surface area contributed by atoms with Gasteiger partial charge >= 0.3 is 6.03 Å². The molecule has 2 N–H and O–H groups in total. The molecule has 0 spiro atoms. The lowest BCUT2D eigenvalue weighted by Gasteiger charge is -2.09. The first-order valence-electron chi connectivity index (χ1n) is 6.58. The summed E-state index contributed by atoms with van der Waals surface area (Å²) in [5.41, 5.74) is 1.64. The molecule has 0 bridgehead atoms. The number of ether oxygens (including phenoxy) is 1. The molecule has 2 rings (SSSR count). The Balaban J connectivity index is 1.85. The summed E-state index contributed by atoms with van der Waals surface area (Å²) in [4.78, 5) is 12.9. The summed E-state index contributed by atoms with van der Waals surface area (Å²) >= 11 is 1.61. The van der Waals surface area contributed by atoms with Gasteiger partial charge in [0.25, 0.3) is 0 Å². The SMILES string of the molecule is C=C(C)COc1cccc(NC(=O)NCc2cccs2)c1. The molecule has 0 unspecified atom stereocenters. The van der Waals surface area contributed by atoms with Gasteiger partial charge in [0, 0.05) is 16.6 Å². The van der Waals surface area contributed by atoms with Crippen molar-refractivity contribution < 1.29 is 9.53 Å². The lowest BCUT2D eigenvalue weighted by Crippen LogP contribution is -2.27. The third-order valence-corrected chi connectivity index (χ3v) is 3.46. The number of amides is 2. The van der Waals surface area contributed by atoms with Gasteiger partial charge in [0.2, 0.25) is 0 Å². The van der Waals surface area contributed by atoms with Gasteiger partial charge in [0.15, 0.2) is 0 Å². The highest BCUT2D eigenvalue weighted by atomic mass is 32.1. The van der Waals surface area contributed by atoms with Crippen LogP contribution in [-0.2, 0) is 6.54 Å². The van der Waals surface area contributed by atoms with Crippen LogP contribution < -0.4 is 15.4 Å². The molecule has 1 aromatic carbocycles. The molecule has 0 radical (unpaired) electrons. The minimum absolute atomic E-state index is 0.236. The average Bonchev–Trinajstić information content (AvgIpc) is 2.97. The fourth-order valence-corrected chi connectivity index (χ4v) is 2.27. The summed E-state index contributed by atoms with van der Waals surface area (Å²) in [7, 11) is 0. The number of carbonyl (C=O) groups is 1. The van der Waals surface area contributed by atoms with Gasteiger partial charge in [0.1, 0.15) is 12.4 Å². The molecule has 0 fully saturated rings. The Bertz CT molecular complexity index is 608. The third-order valence-electron chi connectivity index (χ3n) is 2.58. The Labute approximate surface area is 128 Å². The fourth-order valence-electron chi connectivity index (χ4n) is 1.63. The molecule has 110 valence electrons. The Morgan fingerprint density at radius 2 is 2.19 bits per heavy atom. The van der Waals surface area contributed by atoms with E-state index in [1.165, 1.54) is 0 Å². The van der Waals surface area contributed by atoms with Gasteiger partial charge in [-0.3, -0.25) is 0 Å². The van der Waals surface area contributed by atoms with Gasteiger partial charge in [0.05, 0.1) is 6.54 Å². The molecule has 5 heteroatoms. The van der Waals surface area contributed by atoms with Crippen molar-refractivity contribution in [3.63, 3.8) is 0 Å². The van der Waals surface area contributed by atoms with E-state index in [-0.39, 0.29) is 6.03 Å². The van der Waals surface area contributed by atoms with Crippen LogP contribution in [0.25, 0.3) is 0 Å². The van der Waals surface area contributed by atoms with E-state index in [4.69, 9.17) is 4.74 Å². The van der Waals surface area contributed by atoms with Crippen LogP contribution in [0.4, 0.5) is 10.5 Å². The van der Waals surface area contributed by atoms with Crippen LogP contribution in [0.15, 0.2) is 53.9 Å². The van der Waals surface area contributed by atoms with E-state index in [0.29, 0.717) is 24.6 Å². The van der Waals surface area contributed by atoms with Crippen LogP contribution in [0.2, 0.25) is 0 Å². The van der Waals surface area contributed by atoms with E-state index < -0.39 is 0 Å². The second kappa shape index (κ2) is 7.50. The van der Waals surface area contributed by atoms with Crippen LogP contribution in [0, 0.1) is 0 Å². The number of thiophene rings is 1. The maximum Gasteiger partial charge on any atom is 0.319 e. The molecule has 2 aromatic rings. The van der Waals surface area contributed by atoms with Crippen LogP contribution in [0.3, 0.4) is 0 Å². The van der Waals surface area contributed by atoms with Crippen molar-refractivity contribution in [2.24, 2.45) is 0 Å². The largest absolute Gasteiger partial charge is 0.489 e. The summed E-state index contributed by atoms with van der Waals surface area (Å²) in [5, 5.41) is 7.58. The number of anilines is 1. The van der Waals surface area contributed by atoms with Crippen molar-refractivity contribution in [2.45, 2.75) is 13.5 Å². The summed E-state index contributed by atoms with van der Waals surface area (Å²) < 4.78 is 5.54. The molecule has 21 heavy (non-hydrogen) atoms. The molecular weight excluding hydrogens is 284 g/mol. The Morgan fingerprint density at radius 3 is 2.90 bits per heavy atom. The molecule has 0 atom stereocenters. The van der Waals surface area contributed by atoms with E-state index in [2.05, 4.69) is 17.2 Å². The zero-order chi connectivity index (χ0) is 15.1. The zero-order valence-electron chi connectivity index (χ0n) is 11.9. The van der Waals surface area contributed by atoms with Crippen LogP contribution in [0.1, 0.15) is 11.8 Å². The molecule has 1 aromatic heterocycles. The quantitative estimate of drug-likeness (QED) is 0.792. The summed E-state index contributed by atoms with van der Waals surface area (Å²) in [6.07, 6.45) is 0. The maximum atomic E-state index is 11.8. The van der Waals surface area contributed by atoms with Crippen LogP contribution in [0.5, 0.6) is 5.75 Å². The number of benzene rings is 1. The Kier molecular flexibility index (Phi) is 5.40. The van der Waals surface area contributed by atoms with Gasteiger partial charge in [-0.1, -0.05) is 18.7 Å². The zero-order valence-corrected chi connectivity index (χ0v) is 12.7. The number of hydrogen-bond acceptors (Lipinski definition) is 3. The van der Waals surface area contributed by atoms with Crippen molar-refractivity contribution in [2.75, 3.05) is 11.9 Å². The molecule has 4 nitrogen and oxygen atoms in total. The lowest BCUT2D eigenvalue weighted by molar-refractivity contribution is 0.252. The average molecular weight is 302 g/mol. The number of carbonyl (C=O) groups excluding carboxylic acids is 1. The van der Waals surface area contributed by atoms with E-state index in [1.807, 2.05) is 42.6 Å². The Hall–Kier alpha value is -2.27. The molecule has 0 saturated carbocycles. The molecule has 0 saturated heterocycles. The highest BCUT2D eigenvalue weighted by Gasteiger charge is 2.03. The minimum Gasteiger partial charge on any atom is -0.489 e. The normalized spacial score (nSPS) is 9.95. The van der Waals surface area contributed by atoms with Gasteiger partial charge in [-0.15, -0.1) is 11.3 Å². The van der Waals surface area contributed by atoms with Gasteiger partial charge in [-0.25, -0.2) is 4.79 Å².